The second kappa shape index (κ2) is 55.0. The van der Waals surface area contributed by atoms with Gasteiger partial charge in [0.15, 0.2) is 28.9 Å². The average Bonchev–Trinajstić information content (AvgIpc) is 1.56. The molecule has 20 heteroatoms. The summed E-state index contributed by atoms with van der Waals surface area (Å²) >= 11 is 0. The molecular weight excluding hydrogens is 2730 g/mol. The van der Waals surface area contributed by atoms with Gasteiger partial charge in [0.2, 0.25) is 0 Å². The Balaban J connectivity index is 0.000000259. The maximum atomic E-state index is 10.0. The number of nitrogens with zero attached hydrogens (tertiary/aromatic N) is 5. The molecule has 773 valence electrons. The van der Waals surface area contributed by atoms with E-state index in [-0.39, 0.29) is 185 Å². The van der Waals surface area contributed by atoms with Crippen LogP contribution in [0.2, 0.25) is 0 Å². The molecule has 5 aromatic heterocycles. The van der Waals surface area contributed by atoms with Crippen LogP contribution < -0.4 is 0 Å². The van der Waals surface area contributed by atoms with Gasteiger partial charge in [0.25, 0.3) is 0 Å². The van der Waals surface area contributed by atoms with E-state index in [4.69, 9.17) is 40.5 Å². The summed E-state index contributed by atoms with van der Waals surface area (Å²) in [5.41, 5.74) is 40.8. The number of aryl methyl sites for hydroxylation is 3. The zero-order valence-corrected chi connectivity index (χ0v) is 99.7. The monoisotopic (exact) mass is 2860 g/mol. The predicted octanol–water partition coefficient (Wildman–Crippen LogP) is 30.4. The maximum absolute atomic E-state index is 10.0. The number of aliphatic hydroxyl groups excluding tert-OH is 5. The fourth-order valence-electron chi connectivity index (χ4n) is 18.8. The quantitative estimate of drug-likeness (QED) is 0.0485. The minimum atomic E-state index is -0.125. The predicted molar refractivity (Wildman–Crippen MR) is 580 cm³/mol. The molecule has 0 amide bonds. The molecule has 0 aliphatic heterocycles. The first kappa shape index (κ1) is 124. The molecule has 15 aromatic rings. The average molecular weight is 2860 g/mol. The summed E-state index contributed by atoms with van der Waals surface area (Å²) in [5, 5.41) is 41.8. The number of carbonyl (C=O) groups is 5. The van der Waals surface area contributed by atoms with Gasteiger partial charge in [-0.3, -0.25) is 24.0 Å². The molecule has 10 aromatic carbocycles. The number of hydrogen-bond donors (Lipinski definition) is 5. The molecule has 5 aliphatic rings. The summed E-state index contributed by atoms with van der Waals surface area (Å²) in [6.07, 6.45) is 15.8. The number of aliphatic hydroxyl groups is 5. The third kappa shape index (κ3) is 30.8. The zero-order chi connectivity index (χ0) is 104. The van der Waals surface area contributed by atoms with E-state index in [1.165, 1.54) is 228 Å². The number of rotatable bonds is 10. The molecule has 15 nitrogen and oxygen atoms in total. The Morgan fingerprint density at radius 2 is 0.493 bits per heavy atom. The Labute approximate surface area is 941 Å². The summed E-state index contributed by atoms with van der Waals surface area (Å²) in [6, 6.07) is 105. The summed E-state index contributed by atoms with van der Waals surface area (Å²) < 4.78 is 0. The molecular formula is C128H126Ir5N5O10-5. The number of benzene rings is 10. The molecule has 0 saturated carbocycles. The van der Waals surface area contributed by atoms with Crippen LogP contribution in [-0.2, 0) is 152 Å². The van der Waals surface area contributed by atoms with Gasteiger partial charge < -0.3 is 50.5 Å². The van der Waals surface area contributed by atoms with Gasteiger partial charge in [0.1, 0.15) is 0 Å². The van der Waals surface area contributed by atoms with Crippen molar-refractivity contribution in [3.05, 3.63) is 448 Å². The molecule has 5 aliphatic carbocycles. The van der Waals surface area contributed by atoms with Crippen LogP contribution in [0.3, 0.4) is 0 Å². The zero-order valence-electron chi connectivity index (χ0n) is 87.7. The first-order chi connectivity index (χ1) is 67.7. The van der Waals surface area contributed by atoms with Crippen LogP contribution in [0.4, 0.5) is 0 Å². The van der Waals surface area contributed by atoms with E-state index < -0.39 is 0 Å². The Morgan fingerprint density at radius 1 is 0.236 bits per heavy atom. The Kier molecular flexibility index (Phi) is 46.0. The fraction of sp³-hybridized carbons (Fsp3) is 0.219. The van der Waals surface area contributed by atoms with Crippen molar-refractivity contribution in [1.29, 1.82) is 0 Å². The molecule has 5 radical (unpaired) electrons. The first-order valence-corrected chi connectivity index (χ1v) is 47.5. The number of aromatic nitrogens is 5. The molecule has 0 unspecified atom stereocenters. The summed E-state index contributed by atoms with van der Waals surface area (Å²) in [5.74, 6) is -0.312. The van der Waals surface area contributed by atoms with Gasteiger partial charge >= 0.3 is 0 Å². The number of carbonyl (C=O) groups excluding carboxylic acids is 5. The second-order valence-electron chi connectivity index (χ2n) is 38.7. The van der Waals surface area contributed by atoms with E-state index in [1.807, 2.05) is 85.6 Å². The van der Waals surface area contributed by atoms with Gasteiger partial charge in [-0.05, 0) is 216 Å². The van der Waals surface area contributed by atoms with Crippen molar-refractivity contribution in [3.63, 3.8) is 0 Å². The molecule has 5 heterocycles. The van der Waals surface area contributed by atoms with Crippen LogP contribution in [0.25, 0.3) is 112 Å². The molecule has 0 spiro atoms. The fourth-order valence-corrected chi connectivity index (χ4v) is 18.8. The van der Waals surface area contributed by atoms with E-state index in [0.29, 0.717) is 0 Å². The van der Waals surface area contributed by atoms with E-state index in [0.717, 1.165) is 56.3 Å². The van der Waals surface area contributed by atoms with E-state index >= 15 is 0 Å². The molecule has 0 bridgehead atoms. The summed E-state index contributed by atoms with van der Waals surface area (Å²) in [6.45, 7) is 43.4. The molecule has 5 N–H and O–H groups in total. The van der Waals surface area contributed by atoms with Crippen LogP contribution in [0.5, 0.6) is 0 Å². The van der Waals surface area contributed by atoms with Gasteiger partial charge in [0.05, 0.1) is 28.8 Å². The van der Waals surface area contributed by atoms with Crippen LogP contribution in [0.15, 0.2) is 345 Å². The van der Waals surface area contributed by atoms with Crippen molar-refractivity contribution in [2.75, 3.05) is 0 Å². The first-order valence-electron chi connectivity index (χ1n) is 47.5. The number of fused-ring (bicyclic) bond motifs is 15. The largest absolute Gasteiger partial charge is 0.512 e. The summed E-state index contributed by atoms with van der Waals surface area (Å²) in [4.78, 5) is 73.5. The smallest absolute Gasteiger partial charge is 0.155 e. The Bertz CT molecular complexity index is 7200. The number of allylic oxidation sites excluding steroid dienone is 10. The van der Waals surface area contributed by atoms with Crippen LogP contribution in [0.1, 0.15) is 211 Å². The van der Waals surface area contributed by atoms with Crippen molar-refractivity contribution in [1.82, 2.24) is 24.9 Å². The van der Waals surface area contributed by atoms with Crippen LogP contribution in [-0.4, -0.2) is 79.4 Å². The van der Waals surface area contributed by atoms with Crippen molar-refractivity contribution in [2.24, 2.45) is 0 Å². The van der Waals surface area contributed by atoms with E-state index in [9.17, 15) is 24.0 Å². The van der Waals surface area contributed by atoms with E-state index in [1.54, 1.807) is 0 Å². The van der Waals surface area contributed by atoms with Crippen LogP contribution >= 0.6 is 0 Å². The standard InChI is InChI=1S/3C21H18N.2C20H16N.5C5H8O2.5Ir/c1-14-7-6-8-15(11-14)20-12-19-17(13-22-20)16-9-4-5-10-18(16)21(19,2)3;1-14-7-6-8-15(11-14)20-12-17-16-9-4-5-10-18(16)21(2,3)19(17)13-22-20;1-14-7-6-8-15(13-14)20-19-17(11-12-22-20)16-9-4-5-10-18(16)21(19,2)3;1-20(2)17-11-7-6-10-15(17)16-12-19(21-13-18(16)20)14-8-4-3-5-9-14;1-20(2)17-11-7-6-10-15(17)16-12-13-21-19(18(16)20)14-8-4-3-5-9-14;5*1-4(6)3-5(2)7;;;;;/h3*4-7,9-13H,1-3H3;2*3-8,10-13H,1-2H3;5*3,6H,1-2H3;;;;;/q5*-1;;;;;;;;;;. The SMILES string of the molecule is CC(=O)C=C(C)O.CC(=O)C=C(C)O.CC(=O)C=C(C)O.CC(=O)C=C(C)O.CC(=O)C=C(C)O.CC1(C)c2ccccc2-c2cc(-c3[c-]cccc3)ncc21.CC1(C)c2ccccc2-c2ccnc(-c3[c-]cccc3)c21.Cc1cc[c-]c(-c2cc3c(cn2)-c2ccccc2C3(C)C)c1.Cc1cc[c-]c(-c2cc3c(cn2)C(C)(C)c2ccccc2-3)c1.Cc1cc[c-]c(-c2nccc3c2C(C)(C)c2ccccc2-3)c1.[Ir].[Ir].[Ir].[Ir].[Ir]. The molecule has 0 atom stereocenters. The minimum Gasteiger partial charge on any atom is -0.512 e. The van der Waals surface area contributed by atoms with E-state index in [2.05, 4.69) is 330 Å². The number of hydrogen-bond acceptors (Lipinski definition) is 15. The normalized spacial score (nSPS) is 13.3. The van der Waals surface area contributed by atoms with Crippen molar-refractivity contribution in [3.8, 4) is 112 Å². The van der Waals surface area contributed by atoms with Gasteiger partial charge in [-0.2, -0.15) is 0 Å². The number of pyridine rings is 5. The molecule has 0 saturated heterocycles. The Hall–Kier alpha value is -12.8. The number of ketones is 5. The van der Waals surface area contributed by atoms with Gasteiger partial charge in [-0.25, -0.2) is 0 Å². The van der Waals surface area contributed by atoms with Crippen LogP contribution in [0, 0.1) is 51.1 Å². The molecule has 0 fully saturated rings. The summed E-state index contributed by atoms with van der Waals surface area (Å²) in [7, 11) is 0. The minimum absolute atomic E-state index is 0. The van der Waals surface area contributed by atoms with Gasteiger partial charge in [0, 0.05) is 195 Å². The molecule has 148 heavy (non-hydrogen) atoms. The second-order valence-corrected chi connectivity index (χ2v) is 38.7. The van der Waals surface area contributed by atoms with Gasteiger partial charge in [-0.1, -0.05) is 230 Å². The van der Waals surface area contributed by atoms with Gasteiger partial charge in [-0.15, -0.1) is 178 Å². The topological polar surface area (TPSA) is 251 Å². The third-order valence-corrected chi connectivity index (χ3v) is 25.0. The van der Waals surface area contributed by atoms with Crippen molar-refractivity contribution < 1.29 is 150 Å². The third-order valence-electron chi connectivity index (χ3n) is 25.0. The molecule has 20 rings (SSSR count). The Morgan fingerprint density at radius 3 is 0.804 bits per heavy atom. The van der Waals surface area contributed by atoms with Crippen molar-refractivity contribution >= 4 is 28.9 Å². The van der Waals surface area contributed by atoms with Crippen molar-refractivity contribution in [2.45, 2.75) is 186 Å². The maximum Gasteiger partial charge on any atom is 0.155 e.